The minimum absolute atomic E-state index is 0.498. The summed E-state index contributed by atoms with van der Waals surface area (Å²) in [5.41, 5.74) is 2.56. The van der Waals surface area contributed by atoms with Crippen LogP contribution in [0.15, 0.2) is 23.8 Å². The highest BCUT2D eigenvalue weighted by Gasteiger charge is 2.18. The van der Waals surface area contributed by atoms with E-state index in [0.717, 1.165) is 17.1 Å². The molecule has 116 valence electrons. The van der Waals surface area contributed by atoms with E-state index >= 15 is 0 Å². The van der Waals surface area contributed by atoms with Crippen molar-refractivity contribution in [2.75, 3.05) is 6.54 Å². The van der Waals surface area contributed by atoms with Crippen LogP contribution in [0.4, 0.5) is 0 Å². The van der Waals surface area contributed by atoms with Gasteiger partial charge in [-0.25, -0.2) is 0 Å². The van der Waals surface area contributed by atoms with E-state index in [9.17, 15) is 0 Å². The summed E-state index contributed by atoms with van der Waals surface area (Å²) in [6.45, 7) is 5.32. The van der Waals surface area contributed by atoms with Crippen LogP contribution in [0, 0.1) is 5.92 Å². The van der Waals surface area contributed by atoms with E-state index in [1.54, 1.807) is 0 Å². The molecular formula is C18H25Cl2N. The van der Waals surface area contributed by atoms with E-state index in [0.29, 0.717) is 17.0 Å². The van der Waals surface area contributed by atoms with Crippen LogP contribution in [0.1, 0.15) is 51.5 Å². The van der Waals surface area contributed by atoms with Crippen molar-refractivity contribution in [1.82, 2.24) is 5.32 Å². The number of hydrogen-bond acceptors (Lipinski definition) is 1. The average molecular weight is 326 g/mol. The molecule has 1 N–H and O–H groups in total. The predicted molar refractivity (Wildman–Crippen MR) is 94.2 cm³/mol. The summed E-state index contributed by atoms with van der Waals surface area (Å²) >= 11 is 12.3. The molecule has 0 aliphatic heterocycles. The van der Waals surface area contributed by atoms with E-state index in [2.05, 4.69) is 25.2 Å². The van der Waals surface area contributed by atoms with E-state index in [1.165, 1.54) is 37.7 Å². The summed E-state index contributed by atoms with van der Waals surface area (Å²) < 4.78 is 0. The minimum atomic E-state index is 0.498. The van der Waals surface area contributed by atoms with Gasteiger partial charge in [-0.1, -0.05) is 74.0 Å². The predicted octanol–water partition coefficient (Wildman–Crippen LogP) is 5.96. The molecule has 1 fully saturated rings. The van der Waals surface area contributed by atoms with Crippen LogP contribution in [0.2, 0.25) is 10.0 Å². The summed E-state index contributed by atoms with van der Waals surface area (Å²) in [4.78, 5) is 0. The summed E-state index contributed by atoms with van der Waals surface area (Å²) in [5, 5.41) is 4.98. The number of hydrogen-bond donors (Lipinski definition) is 1. The van der Waals surface area contributed by atoms with Crippen molar-refractivity contribution in [3.63, 3.8) is 0 Å². The highest BCUT2D eigenvalue weighted by atomic mass is 35.5. The van der Waals surface area contributed by atoms with Crippen molar-refractivity contribution in [2.24, 2.45) is 5.92 Å². The van der Waals surface area contributed by atoms with Gasteiger partial charge in [0.2, 0.25) is 0 Å². The lowest BCUT2D eigenvalue weighted by Gasteiger charge is -2.26. The molecule has 1 aliphatic rings. The molecule has 0 heterocycles. The normalized spacial score (nSPS) is 17.5. The van der Waals surface area contributed by atoms with Gasteiger partial charge in [0.15, 0.2) is 0 Å². The van der Waals surface area contributed by atoms with E-state index in [4.69, 9.17) is 23.2 Å². The molecule has 1 aliphatic carbocycles. The Labute approximate surface area is 138 Å². The van der Waals surface area contributed by atoms with Crippen molar-refractivity contribution >= 4 is 29.3 Å². The zero-order chi connectivity index (χ0) is 15.2. The lowest BCUT2D eigenvalue weighted by molar-refractivity contribution is 0.394. The van der Waals surface area contributed by atoms with Crippen molar-refractivity contribution in [2.45, 2.75) is 52.0 Å². The molecule has 1 aromatic carbocycles. The van der Waals surface area contributed by atoms with Crippen molar-refractivity contribution in [3.05, 3.63) is 39.4 Å². The van der Waals surface area contributed by atoms with Crippen molar-refractivity contribution in [3.8, 4) is 0 Å². The molecule has 1 saturated carbocycles. The van der Waals surface area contributed by atoms with Crippen LogP contribution < -0.4 is 5.32 Å². The monoisotopic (exact) mass is 325 g/mol. The molecule has 0 saturated heterocycles. The van der Waals surface area contributed by atoms with Crippen LogP contribution in [-0.4, -0.2) is 12.6 Å². The largest absolute Gasteiger partial charge is 0.311 e. The highest BCUT2D eigenvalue weighted by Crippen LogP contribution is 2.32. The Kier molecular flexibility index (Phi) is 6.60. The standard InChI is InChI=1S/C18H25Cl2N/c1-13(2)21-12-16(14-6-4-3-5-7-14)10-15-8-9-17(19)11-18(15)20/h8-11,13-14,21H,3-7,12H2,1-2H3/b16-10-. The van der Waals surface area contributed by atoms with Gasteiger partial charge < -0.3 is 5.32 Å². The highest BCUT2D eigenvalue weighted by molar-refractivity contribution is 6.35. The minimum Gasteiger partial charge on any atom is -0.311 e. The molecule has 1 nitrogen and oxygen atoms in total. The Balaban J connectivity index is 2.21. The number of nitrogens with one attached hydrogen (secondary N) is 1. The van der Waals surface area contributed by atoms with Crippen LogP contribution in [0.3, 0.4) is 0 Å². The molecule has 0 spiro atoms. The van der Waals surface area contributed by atoms with Crippen LogP contribution in [0.5, 0.6) is 0 Å². The Morgan fingerprint density at radius 3 is 2.57 bits per heavy atom. The second-order valence-corrected chi connectivity index (χ2v) is 7.10. The molecule has 3 heteroatoms. The Morgan fingerprint density at radius 1 is 1.24 bits per heavy atom. The molecule has 0 aromatic heterocycles. The summed E-state index contributed by atoms with van der Waals surface area (Å²) in [6, 6.07) is 6.25. The van der Waals surface area contributed by atoms with Gasteiger partial charge in [-0.05, 0) is 36.5 Å². The van der Waals surface area contributed by atoms with Gasteiger partial charge in [0.1, 0.15) is 0 Å². The Morgan fingerprint density at radius 2 is 1.95 bits per heavy atom. The van der Waals surface area contributed by atoms with Crippen LogP contribution in [0.25, 0.3) is 6.08 Å². The molecule has 2 rings (SSSR count). The second kappa shape index (κ2) is 8.22. The number of rotatable bonds is 5. The maximum Gasteiger partial charge on any atom is 0.0493 e. The maximum atomic E-state index is 6.33. The summed E-state index contributed by atoms with van der Waals surface area (Å²) in [7, 11) is 0. The fourth-order valence-corrected chi connectivity index (χ4v) is 3.39. The molecule has 21 heavy (non-hydrogen) atoms. The molecule has 0 radical (unpaired) electrons. The quantitative estimate of drug-likeness (QED) is 0.704. The summed E-state index contributed by atoms with van der Waals surface area (Å²) in [5.74, 6) is 0.691. The average Bonchev–Trinajstić information content (AvgIpc) is 2.46. The first kappa shape index (κ1) is 16.9. The molecular weight excluding hydrogens is 301 g/mol. The van der Waals surface area contributed by atoms with Crippen molar-refractivity contribution < 1.29 is 0 Å². The van der Waals surface area contributed by atoms with Crippen LogP contribution in [-0.2, 0) is 0 Å². The first-order valence-electron chi connectivity index (χ1n) is 7.95. The fraction of sp³-hybridized carbons (Fsp3) is 0.556. The molecule has 0 amide bonds. The topological polar surface area (TPSA) is 12.0 Å². The van der Waals surface area contributed by atoms with Crippen molar-refractivity contribution in [1.29, 1.82) is 0 Å². The fourth-order valence-electron chi connectivity index (χ4n) is 2.93. The van der Waals surface area contributed by atoms with Gasteiger partial charge in [0.25, 0.3) is 0 Å². The third-order valence-corrected chi connectivity index (χ3v) is 4.71. The number of benzene rings is 1. The third kappa shape index (κ3) is 5.32. The number of halogens is 2. The lowest BCUT2D eigenvalue weighted by Crippen LogP contribution is -2.27. The van der Waals surface area contributed by atoms with E-state index < -0.39 is 0 Å². The molecule has 1 aromatic rings. The summed E-state index contributed by atoms with van der Waals surface area (Å²) in [6.07, 6.45) is 8.94. The zero-order valence-electron chi connectivity index (χ0n) is 13.0. The Hall–Kier alpha value is -0.500. The first-order chi connectivity index (χ1) is 10.1. The van der Waals surface area contributed by atoms with Gasteiger partial charge in [-0.3, -0.25) is 0 Å². The maximum absolute atomic E-state index is 6.33. The zero-order valence-corrected chi connectivity index (χ0v) is 14.5. The third-order valence-electron chi connectivity index (χ3n) is 4.15. The molecule has 0 bridgehead atoms. The van der Waals surface area contributed by atoms with E-state index in [-0.39, 0.29) is 0 Å². The molecule has 0 unspecified atom stereocenters. The smallest absolute Gasteiger partial charge is 0.0493 e. The van der Waals surface area contributed by atoms with Crippen LogP contribution >= 0.6 is 23.2 Å². The van der Waals surface area contributed by atoms with Gasteiger partial charge >= 0.3 is 0 Å². The first-order valence-corrected chi connectivity index (χ1v) is 8.70. The van der Waals surface area contributed by atoms with Gasteiger partial charge in [-0.2, -0.15) is 0 Å². The second-order valence-electron chi connectivity index (χ2n) is 6.26. The lowest BCUT2D eigenvalue weighted by atomic mass is 9.83. The van der Waals surface area contributed by atoms with Gasteiger partial charge in [-0.15, -0.1) is 0 Å². The SMILES string of the molecule is CC(C)NC/C(=C/c1ccc(Cl)cc1Cl)C1CCCCC1. The van der Waals surface area contributed by atoms with Gasteiger partial charge in [0, 0.05) is 22.6 Å². The molecule has 0 atom stereocenters. The Bertz CT molecular complexity index is 488. The van der Waals surface area contributed by atoms with Gasteiger partial charge in [0.05, 0.1) is 0 Å². The van der Waals surface area contributed by atoms with E-state index in [1.807, 2.05) is 18.2 Å².